The largest absolute Gasteiger partial charge is 0.345 e. The van der Waals surface area contributed by atoms with Crippen LogP contribution in [-0.2, 0) is 16.0 Å². The lowest BCUT2D eigenvalue weighted by Crippen LogP contribution is -2.25. The number of hydrogen-bond acceptors (Lipinski definition) is 5. The van der Waals surface area contributed by atoms with Crippen LogP contribution in [0.2, 0.25) is 0 Å². The Labute approximate surface area is 165 Å². The van der Waals surface area contributed by atoms with E-state index in [1.807, 2.05) is 42.7 Å². The van der Waals surface area contributed by atoms with Crippen LogP contribution in [0, 0.1) is 0 Å². The van der Waals surface area contributed by atoms with Gasteiger partial charge in [-0.05, 0) is 24.1 Å². The number of nitrogens with one attached hydrogen (secondary N) is 1. The molecule has 0 fully saturated rings. The standard InChI is InChI=1S/C22H15N5O2/c28-21-17(15-12-24-27-9-2-1-6-16(15)27)18(22(29)25-21)19-14-5-3-4-13-7-10-26(20(13)14)11-8-23-19/h1-6,8-9,11-12H,7,10H2,(H,25,28,29). The monoisotopic (exact) mass is 381 g/mol. The van der Waals surface area contributed by atoms with Crippen molar-refractivity contribution in [2.75, 3.05) is 11.4 Å². The summed E-state index contributed by atoms with van der Waals surface area (Å²) < 4.78 is 1.69. The molecule has 0 radical (unpaired) electrons. The lowest BCUT2D eigenvalue weighted by molar-refractivity contribution is -0.123. The molecule has 5 heterocycles. The number of carbonyl (C=O) groups is 2. The first-order chi connectivity index (χ1) is 14.2. The Hall–Kier alpha value is -4.00. The molecule has 1 N–H and O–H groups in total. The van der Waals surface area contributed by atoms with Gasteiger partial charge in [0.05, 0.1) is 34.3 Å². The zero-order chi connectivity index (χ0) is 19.5. The molecule has 140 valence electrons. The number of para-hydroxylation sites is 1. The van der Waals surface area contributed by atoms with E-state index in [4.69, 9.17) is 0 Å². The van der Waals surface area contributed by atoms with Crippen LogP contribution < -0.4 is 10.2 Å². The highest BCUT2D eigenvalue weighted by Crippen LogP contribution is 2.37. The number of imide groups is 1. The molecule has 29 heavy (non-hydrogen) atoms. The van der Waals surface area contributed by atoms with Gasteiger partial charge < -0.3 is 4.90 Å². The smallest absolute Gasteiger partial charge is 0.261 e. The minimum atomic E-state index is -0.434. The summed E-state index contributed by atoms with van der Waals surface area (Å²) >= 11 is 0. The van der Waals surface area contributed by atoms with E-state index in [1.54, 1.807) is 16.9 Å². The van der Waals surface area contributed by atoms with Crippen molar-refractivity contribution in [2.45, 2.75) is 6.42 Å². The molecular formula is C22H15N5O2. The second kappa shape index (κ2) is 5.75. The third-order valence-corrected chi connectivity index (χ3v) is 5.60. The van der Waals surface area contributed by atoms with Crippen LogP contribution in [0.5, 0.6) is 0 Å². The fraction of sp³-hybridized carbons (Fsp3) is 0.0909. The predicted molar refractivity (Wildman–Crippen MR) is 108 cm³/mol. The molecule has 3 aromatic rings. The van der Waals surface area contributed by atoms with Crippen molar-refractivity contribution >= 4 is 34.3 Å². The number of carbonyl (C=O) groups excluding carboxylic acids is 2. The zero-order valence-electron chi connectivity index (χ0n) is 15.3. The number of benzene rings is 1. The van der Waals surface area contributed by atoms with Crippen LogP contribution in [0.3, 0.4) is 0 Å². The Kier molecular flexibility index (Phi) is 3.17. The maximum Gasteiger partial charge on any atom is 0.261 e. The molecule has 2 aromatic heterocycles. The van der Waals surface area contributed by atoms with Crippen molar-refractivity contribution in [1.82, 2.24) is 14.9 Å². The van der Waals surface area contributed by atoms with Gasteiger partial charge in [0.25, 0.3) is 11.8 Å². The molecule has 0 aliphatic carbocycles. The summed E-state index contributed by atoms with van der Waals surface area (Å²) in [6, 6.07) is 11.6. The zero-order valence-corrected chi connectivity index (χ0v) is 15.3. The highest BCUT2D eigenvalue weighted by Gasteiger charge is 2.38. The molecule has 3 aliphatic rings. The van der Waals surface area contributed by atoms with Gasteiger partial charge in [0, 0.05) is 36.3 Å². The van der Waals surface area contributed by atoms with E-state index in [0.717, 1.165) is 29.7 Å². The summed E-state index contributed by atoms with van der Waals surface area (Å²) in [4.78, 5) is 32.4. The third-order valence-electron chi connectivity index (χ3n) is 5.60. The topological polar surface area (TPSA) is 79.1 Å². The first-order valence-corrected chi connectivity index (χ1v) is 9.39. The first-order valence-electron chi connectivity index (χ1n) is 9.39. The van der Waals surface area contributed by atoms with Gasteiger partial charge in [-0.25, -0.2) is 4.52 Å². The van der Waals surface area contributed by atoms with Crippen molar-refractivity contribution in [3.8, 4) is 0 Å². The number of rotatable bonds is 2. The van der Waals surface area contributed by atoms with E-state index in [2.05, 4.69) is 26.4 Å². The SMILES string of the molecule is O=C1NC(=O)C(c2cnn3ccccc23)=C1C1=NC=CN2CCc3cccc1c32. The molecule has 0 atom stereocenters. The highest BCUT2D eigenvalue weighted by molar-refractivity contribution is 6.48. The van der Waals surface area contributed by atoms with E-state index in [1.165, 1.54) is 5.56 Å². The van der Waals surface area contributed by atoms with Gasteiger partial charge in [0.15, 0.2) is 0 Å². The van der Waals surface area contributed by atoms with Gasteiger partial charge in [0.1, 0.15) is 0 Å². The minimum Gasteiger partial charge on any atom is -0.345 e. The summed E-state index contributed by atoms with van der Waals surface area (Å²) in [5.74, 6) is -0.861. The number of hydrogen-bond donors (Lipinski definition) is 1. The van der Waals surface area contributed by atoms with Crippen LogP contribution >= 0.6 is 0 Å². The summed E-state index contributed by atoms with van der Waals surface area (Å²) in [6.07, 6.45) is 7.99. The van der Waals surface area contributed by atoms with Gasteiger partial charge in [-0.2, -0.15) is 5.10 Å². The maximum absolute atomic E-state index is 12.9. The Morgan fingerprint density at radius 2 is 1.86 bits per heavy atom. The van der Waals surface area contributed by atoms with Gasteiger partial charge >= 0.3 is 0 Å². The Balaban J connectivity index is 1.64. The summed E-state index contributed by atoms with van der Waals surface area (Å²) in [5, 5.41) is 6.78. The van der Waals surface area contributed by atoms with Gasteiger partial charge in [-0.3, -0.25) is 19.9 Å². The quantitative estimate of drug-likeness (QED) is 0.690. The Morgan fingerprint density at radius 3 is 2.79 bits per heavy atom. The fourth-order valence-electron chi connectivity index (χ4n) is 4.35. The summed E-state index contributed by atoms with van der Waals surface area (Å²) in [7, 11) is 0. The summed E-state index contributed by atoms with van der Waals surface area (Å²) in [6.45, 7) is 0.872. The molecule has 0 bridgehead atoms. The van der Waals surface area contributed by atoms with E-state index < -0.39 is 11.8 Å². The fourth-order valence-corrected chi connectivity index (χ4v) is 4.35. The number of aliphatic imine (C=N–C) groups is 1. The second-order valence-corrected chi connectivity index (χ2v) is 7.15. The molecule has 0 unspecified atom stereocenters. The third kappa shape index (κ3) is 2.18. The number of fused-ring (bicyclic) bond motifs is 1. The lowest BCUT2D eigenvalue weighted by Gasteiger charge is -2.17. The molecule has 2 amide bonds. The number of nitrogens with zero attached hydrogens (tertiary/aromatic N) is 4. The van der Waals surface area contributed by atoms with Crippen molar-refractivity contribution in [3.05, 3.63) is 83.5 Å². The Morgan fingerprint density at radius 1 is 0.966 bits per heavy atom. The molecule has 0 saturated carbocycles. The average molecular weight is 381 g/mol. The first kappa shape index (κ1) is 16.0. The van der Waals surface area contributed by atoms with Crippen molar-refractivity contribution < 1.29 is 9.59 Å². The van der Waals surface area contributed by atoms with Gasteiger partial charge in [-0.15, -0.1) is 0 Å². The minimum absolute atomic E-state index is 0.292. The van der Waals surface area contributed by atoms with E-state index in [0.29, 0.717) is 22.4 Å². The van der Waals surface area contributed by atoms with Crippen LogP contribution in [0.15, 0.2) is 71.8 Å². The highest BCUT2D eigenvalue weighted by atomic mass is 16.2. The van der Waals surface area contributed by atoms with Crippen LogP contribution in [0.4, 0.5) is 5.69 Å². The van der Waals surface area contributed by atoms with Gasteiger partial charge in [-0.1, -0.05) is 24.3 Å². The molecule has 7 heteroatoms. The van der Waals surface area contributed by atoms with Crippen LogP contribution in [0.1, 0.15) is 16.7 Å². The molecule has 3 aliphatic heterocycles. The van der Waals surface area contributed by atoms with Crippen molar-refractivity contribution in [3.63, 3.8) is 0 Å². The van der Waals surface area contributed by atoms with E-state index >= 15 is 0 Å². The molecule has 7 nitrogen and oxygen atoms in total. The van der Waals surface area contributed by atoms with Crippen molar-refractivity contribution in [1.29, 1.82) is 0 Å². The number of amides is 2. The second-order valence-electron chi connectivity index (χ2n) is 7.15. The lowest BCUT2D eigenvalue weighted by atomic mass is 9.93. The molecule has 0 spiro atoms. The molecule has 1 aromatic carbocycles. The number of anilines is 1. The van der Waals surface area contributed by atoms with Crippen LogP contribution in [0.25, 0.3) is 11.1 Å². The van der Waals surface area contributed by atoms with Gasteiger partial charge in [0.2, 0.25) is 0 Å². The maximum atomic E-state index is 12.9. The van der Waals surface area contributed by atoms with E-state index in [-0.39, 0.29) is 0 Å². The molecule has 0 saturated heterocycles. The number of aromatic nitrogens is 2. The molecular weight excluding hydrogens is 366 g/mol. The van der Waals surface area contributed by atoms with Crippen LogP contribution in [-0.4, -0.2) is 33.7 Å². The Bertz CT molecular complexity index is 1330. The summed E-state index contributed by atoms with van der Waals surface area (Å²) in [5.41, 5.74) is 5.62. The average Bonchev–Trinajstić information content (AvgIpc) is 3.37. The molecule has 6 rings (SSSR count). The predicted octanol–water partition coefficient (Wildman–Crippen LogP) is 2.08. The van der Waals surface area contributed by atoms with E-state index in [9.17, 15) is 9.59 Å². The normalized spacial score (nSPS) is 17.7. The van der Waals surface area contributed by atoms with Crippen molar-refractivity contribution in [2.24, 2.45) is 4.99 Å². The number of pyridine rings is 1.